The van der Waals surface area contributed by atoms with Crippen molar-refractivity contribution >= 4 is 29.1 Å². The minimum atomic E-state index is -0.700. The molecule has 3 rings (SSSR count). The quantitative estimate of drug-likeness (QED) is 0.839. The van der Waals surface area contributed by atoms with Crippen molar-refractivity contribution in [3.8, 4) is 0 Å². The van der Waals surface area contributed by atoms with Crippen molar-refractivity contribution in [1.29, 1.82) is 0 Å². The largest absolute Gasteiger partial charge is 0.381 e. The molecular weight excluding hydrogens is 364 g/mol. The van der Waals surface area contributed by atoms with Gasteiger partial charge in [-0.3, -0.25) is 4.79 Å². The van der Waals surface area contributed by atoms with Crippen molar-refractivity contribution in [2.45, 2.75) is 18.3 Å². The first kappa shape index (κ1) is 18.2. The first-order chi connectivity index (χ1) is 12.0. The molecule has 0 aliphatic carbocycles. The van der Waals surface area contributed by atoms with Gasteiger partial charge in [-0.15, -0.1) is 0 Å². The van der Waals surface area contributed by atoms with Crippen LogP contribution >= 0.6 is 23.2 Å². The lowest BCUT2D eigenvalue weighted by atomic mass is 9.74. The SMILES string of the molecule is O=C(NCC1(c2ccc(Cl)cc2)CCOCC1)c1cccc(Cl)c1F. The molecule has 25 heavy (non-hydrogen) atoms. The van der Waals surface area contributed by atoms with Gasteiger partial charge in [-0.1, -0.05) is 41.4 Å². The Balaban J connectivity index is 1.80. The van der Waals surface area contributed by atoms with Gasteiger partial charge in [-0.05, 0) is 42.7 Å². The monoisotopic (exact) mass is 381 g/mol. The highest BCUT2D eigenvalue weighted by molar-refractivity contribution is 6.31. The molecule has 0 bridgehead atoms. The van der Waals surface area contributed by atoms with E-state index in [4.69, 9.17) is 27.9 Å². The van der Waals surface area contributed by atoms with Crippen LogP contribution in [0.2, 0.25) is 10.0 Å². The van der Waals surface area contributed by atoms with Crippen molar-refractivity contribution in [3.05, 3.63) is 69.5 Å². The van der Waals surface area contributed by atoms with Gasteiger partial charge < -0.3 is 10.1 Å². The van der Waals surface area contributed by atoms with Crippen LogP contribution in [-0.2, 0) is 10.2 Å². The van der Waals surface area contributed by atoms with Crippen LogP contribution in [0.15, 0.2) is 42.5 Å². The van der Waals surface area contributed by atoms with Crippen LogP contribution in [0.5, 0.6) is 0 Å². The molecule has 3 nitrogen and oxygen atoms in total. The molecule has 2 aromatic carbocycles. The van der Waals surface area contributed by atoms with Crippen LogP contribution in [0.1, 0.15) is 28.8 Å². The van der Waals surface area contributed by atoms with E-state index in [0.29, 0.717) is 24.8 Å². The van der Waals surface area contributed by atoms with Crippen LogP contribution in [0.3, 0.4) is 0 Å². The first-order valence-electron chi connectivity index (χ1n) is 8.08. The lowest BCUT2D eigenvalue weighted by Gasteiger charge is -2.38. The van der Waals surface area contributed by atoms with Crippen LogP contribution in [0.25, 0.3) is 0 Å². The predicted octanol–water partition coefficient (Wildman–Crippen LogP) is 4.61. The lowest BCUT2D eigenvalue weighted by Crippen LogP contribution is -2.44. The standard InChI is InChI=1S/C19H18Cl2FNO2/c20-14-6-4-13(5-7-14)19(8-10-25-11-9-19)12-23-18(24)15-2-1-3-16(21)17(15)22/h1-7H,8-12H2,(H,23,24). The summed E-state index contributed by atoms with van der Waals surface area (Å²) in [4.78, 5) is 12.4. The van der Waals surface area contributed by atoms with Gasteiger partial charge >= 0.3 is 0 Å². The maximum atomic E-state index is 14.1. The Labute approximate surface area is 156 Å². The molecule has 132 valence electrons. The molecule has 0 atom stereocenters. The number of hydrogen-bond acceptors (Lipinski definition) is 2. The van der Waals surface area contributed by atoms with Crippen LogP contribution in [-0.4, -0.2) is 25.7 Å². The second-order valence-corrected chi connectivity index (χ2v) is 7.03. The van der Waals surface area contributed by atoms with E-state index in [0.717, 1.165) is 18.4 Å². The Morgan fingerprint density at radius 3 is 2.48 bits per heavy atom. The molecule has 0 aromatic heterocycles. The highest BCUT2D eigenvalue weighted by atomic mass is 35.5. The van der Waals surface area contributed by atoms with Crippen molar-refractivity contribution in [1.82, 2.24) is 5.32 Å². The summed E-state index contributed by atoms with van der Waals surface area (Å²) in [5, 5.41) is 3.46. The summed E-state index contributed by atoms with van der Waals surface area (Å²) in [6, 6.07) is 12.0. The van der Waals surface area contributed by atoms with Crippen molar-refractivity contribution in [2.24, 2.45) is 0 Å². The maximum absolute atomic E-state index is 14.1. The number of amides is 1. The van der Waals surface area contributed by atoms with Gasteiger partial charge in [0.2, 0.25) is 0 Å². The van der Waals surface area contributed by atoms with E-state index in [-0.39, 0.29) is 16.0 Å². The highest BCUT2D eigenvalue weighted by Crippen LogP contribution is 2.35. The molecule has 0 saturated carbocycles. The van der Waals surface area contributed by atoms with Gasteiger partial charge in [-0.25, -0.2) is 4.39 Å². The summed E-state index contributed by atoms with van der Waals surface area (Å²) in [6.45, 7) is 1.62. The number of halogens is 3. The number of hydrogen-bond donors (Lipinski definition) is 1. The van der Waals surface area contributed by atoms with E-state index >= 15 is 0 Å². The average molecular weight is 382 g/mol. The molecule has 1 aliphatic rings. The second-order valence-electron chi connectivity index (χ2n) is 6.18. The first-order valence-corrected chi connectivity index (χ1v) is 8.83. The predicted molar refractivity (Wildman–Crippen MR) is 96.9 cm³/mol. The molecule has 1 aliphatic heterocycles. The topological polar surface area (TPSA) is 38.3 Å². The summed E-state index contributed by atoms with van der Waals surface area (Å²) in [7, 11) is 0. The van der Waals surface area contributed by atoms with E-state index < -0.39 is 11.7 Å². The third-order valence-electron chi connectivity index (χ3n) is 4.69. The van der Waals surface area contributed by atoms with E-state index in [1.54, 1.807) is 6.07 Å². The number of benzene rings is 2. The zero-order valence-corrected chi connectivity index (χ0v) is 15.0. The fourth-order valence-corrected chi connectivity index (χ4v) is 3.46. The van der Waals surface area contributed by atoms with Gasteiger partial charge in [-0.2, -0.15) is 0 Å². The van der Waals surface area contributed by atoms with E-state index in [1.807, 2.05) is 24.3 Å². The van der Waals surface area contributed by atoms with Crippen LogP contribution in [0, 0.1) is 5.82 Å². The van der Waals surface area contributed by atoms with Crippen molar-refractivity contribution in [2.75, 3.05) is 19.8 Å². The zero-order valence-electron chi connectivity index (χ0n) is 13.5. The number of rotatable bonds is 4. The lowest BCUT2D eigenvalue weighted by molar-refractivity contribution is 0.0487. The van der Waals surface area contributed by atoms with Crippen LogP contribution in [0.4, 0.5) is 4.39 Å². The maximum Gasteiger partial charge on any atom is 0.254 e. The molecule has 1 fully saturated rings. The van der Waals surface area contributed by atoms with Crippen LogP contribution < -0.4 is 5.32 Å². The summed E-state index contributed by atoms with van der Waals surface area (Å²) in [5.74, 6) is -1.17. The minimum Gasteiger partial charge on any atom is -0.381 e. The fourth-order valence-electron chi connectivity index (χ4n) is 3.16. The Morgan fingerprint density at radius 1 is 1.12 bits per heavy atom. The second kappa shape index (κ2) is 7.73. The molecule has 1 saturated heterocycles. The Hall–Kier alpha value is -1.62. The minimum absolute atomic E-state index is 0.0502. The van der Waals surface area contributed by atoms with Gasteiger partial charge in [0.25, 0.3) is 5.91 Å². The van der Waals surface area contributed by atoms with Gasteiger partial charge in [0.05, 0.1) is 10.6 Å². The molecule has 1 N–H and O–H groups in total. The fraction of sp³-hybridized carbons (Fsp3) is 0.316. The smallest absolute Gasteiger partial charge is 0.254 e. The molecule has 2 aromatic rings. The number of carbonyl (C=O) groups excluding carboxylic acids is 1. The zero-order chi connectivity index (χ0) is 17.9. The van der Waals surface area contributed by atoms with Crippen molar-refractivity contribution < 1.29 is 13.9 Å². The van der Waals surface area contributed by atoms with Crippen molar-refractivity contribution in [3.63, 3.8) is 0 Å². The van der Waals surface area contributed by atoms with Gasteiger partial charge in [0.1, 0.15) is 0 Å². The molecule has 0 unspecified atom stereocenters. The number of nitrogens with one attached hydrogen (secondary N) is 1. The molecule has 1 heterocycles. The highest BCUT2D eigenvalue weighted by Gasteiger charge is 2.35. The van der Waals surface area contributed by atoms with E-state index in [1.165, 1.54) is 12.1 Å². The summed E-state index contributed by atoms with van der Waals surface area (Å²) in [5.41, 5.74) is 0.783. The third kappa shape index (κ3) is 3.97. The summed E-state index contributed by atoms with van der Waals surface area (Å²) < 4.78 is 19.5. The Kier molecular flexibility index (Phi) is 5.62. The summed E-state index contributed by atoms with van der Waals surface area (Å²) >= 11 is 11.7. The third-order valence-corrected chi connectivity index (χ3v) is 5.23. The normalized spacial score (nSPS) is 16.4. The number of ether oxygens (including phenoxy) is 1. The molecule has 0 spiro atoms. The van der Waals surface area contributed by atoms with Gasteiger partial charge in [0.15, 0.2) is 5.82 Å². The Morgan fingerprint density at radius 2 is 1.80 bits per heavy atom. The molecule has 1 amide bonds. The van der Waals surface area contributed by atoms with E-state index in [9.17, 15) is 9.18 Å². The van der Waals surface area contributed by atoms with Gasteiger partial charge in [0, 0.05) is 30.2 Å². The van der Waals surface area contributed by atoms with E-state index in [2.05, 4.69) is 5.32 Å². The number of carbonyl (C=O) groups is 1. The molecule has 6 heteroatoms. The molecule has 0 radical (unpaired) electrons. The summed E-state index contributed by atoms with van der Waals surface area (Å²) in [6.07, 6.45) is 1.54. The Bertz CT molecular complexity index is 759. The average Bonchev–Trinajstić information content (AvgIpc) is 2.63. The molecular formula is C19H18Cl2FNO2.